The normalized spacial score (nSPS) is 15.8. The lowest BCUT2D eigenvalue weighted by Crippen LogP contribution is -2.59. The van der Waals surface area contributed by atoms with E-state index in [4.69, 9.17) is 4.74 Å². The third kappa shape index (κ3) is 12.3. The Balaban J connectivity index is 1.41. The van der Waals surface area contributed by atoms with Crippen molar-refractivity contribution >= 4 is 23.9 Å². The van der Waals surface area contributed by atoms with Gasteiger partial charge in [0.15, 0.2) is 0 Å². The fourth-order valence-electron chi connectivity index (χ4n) is 7.39. The molecule has 1 aliphatic rings. The molecule has 0 aliphatic carbocycles. The molecule has 2 aromatic carbocycles. The Labute approximate surface area is 353 Å². The summed E-state index contributed by atoms with van der Waals surface area (Å²) in [7, 11) is 1.24. The molecule has 0 saturated carbocycles. The lowest BCUT2D eigenvalue weighted by Gasteiger charge is -2.35. The van der Waals surface area contributed by atoms with Gasteiger partial charge in [-0.2, -0.15) is 0 Å². The van der Waals surface area contributed by atoms with Crippen molar-refractivity contribution in [2.24, 2.45) is 11.8 Å². The topological polar surface area (TPSA) is 169 Å². The molecule has 320 valence electrons. The molecule has 4 N–H and O–H groups in total. The Morgan fingerprint density at radius 3 is 2.22 bits per heavy atom. The summed E-state index contributed by atoms with van der Waals surface area (Å²) in [6, 6.07) is 25.9. The van der Waals surface area contributed by atoms with Gasteiger partial charge in [-0.3, -0.25) is 25.0 Å². The number of nitrogens with zero attached hydrogens (tertiary/aromatic N) is 5. The van der Waals surface area contributed by atoms with E-state index in [1.807, 2.05) is 126 Å². The summed E-state index contributed by atoms with van der Waals surface area (Å²) in [5.74, 6) is -1.28. The number of nitrogens with one attached hydrogen (secondary N) is 3. The van der Waals surface area contributed by atoms with Crippen LogP contribution in [0.5, 0.6) is 0 Å². The number of ether oxygens (including phenoxy) is 1. The third-order valence-corrected chi connectivity index (χ3v) is 11.2. The van der Waals surface area contributed by atoms with Crippen molar-refractivity contribution in [3.63, 3.8) is 0 Å². The van der Waals surface area contributed by atoms with Gasteiger partial charge in [0.05, 0.1) is 37.2 Å². The Morgan fingerprint density at radius 1 is 0.850 bits per heavy atom. The van der Waals surface area contributed by atoms with Crippen molar-refractivity contribution in [2.45, 2.75) is 91.2 Å². The van der Waals surface area contributed by atoms with E-state index in [9.17, 15) is 24.3 Å². The molecule has 2 unspecified atom stereocenters. The van der Waals surface area contributed by atoms with Crippen LogP contribution >= 0.6 is 0 Å². The Morgan fingerprint density at radius 2 is 1.57 bits per heavy atom. The van der Waals surface area contributed by atoms with Crippen LogP contribution in [0.25, 0.3) is 11.3 Å². The van der Waals surface area contributed by atoms with Gasteiger partial charge in [-0.05, 0) is 60.6 Å². The average molecular weight is 821 g/mol. The molecule has 1 aliphatic heterocycles. The van der Waals surface area contributed by atoms with Gasteiger partial charge in [0.1, 0.15) is 12.1 Å². The summed E-state index contributed by atoms with van der Waals surface area (Å²) in [6.07, 6.45) is 1.31. The summed E-state index contributed by atoms with van der Waals surface area (Å²) < 4.78 is 4.83. The highest BCUT2D eigenvalue weighted by Crippen LogP contribution is 2.24. The van der Waals surface area contributed by atoms with Crippen molar-refractivity contribution in [3.8, 4) is 11.3 Å². The van der Waals surface area contributed by atoms with Crippen molar-refractivity contribution < 1.29 is 29.0 Å². The SMILES string of the molecule is CCC(C)C(NC(=O)OC)C(=O)NN(Cc1ccc(-c2ccccn2)cc1)C[C@H](O)[C@H](Cc1ccccc1)NC(=O)[C@H]([C@@H](C)CC)N1CCN(Cc2cccc(C)n2)C1=O. The first kappa shape index (κ1) is 45.2. The van der Waals surface area contributed by atoms with Gasteiger partial charge in [-0.25, -0.2) is 14.6 Å². The molecule has 1 fully saturated rings. The summed E-state index contributed by atoms with van der Waals surface area (Å²) in [4.78, 5) is 67.1. The minimum absolute atomic E-state index is 0.0924. The molecular formula is C46H60N8O6. The minimum Gasteiger partial charge on any atom is -0.453 e. The second kappa shape index (κ2) is 21.9. The predicted molar refractivity (Wildman–Crippen MR) is 230 cm³/mol. The second-order valence-corrected chi connectivity index (χ2v) is 15.6. The number of benzene rings is 2. The number of carbonyl (C=O) groups is 4. The monoisotopic (exact) mass is 820 g/mol. The first-order chi connectivity index (χ1) is 28.9. The van der Waals surface area contributed by atoms with E-state index >= 15 is 0 Å². The van der Waals surface area contributed by atoms with Gasteiger partial charge in [0.2, 0.25) is 5.91 Å². The zero-order valence-electron chi connectivity index (χ0n) is 35.6. The molecular weight excluding hydrogens is 761 g/mol. The second-order valence-electron chi connectivity index (χ2n) is 15.6. The number of aromatic nitrogens is 2. The van der Waals surface area contributed by atoms with Crippen molar-refractivity contribution in [3.05, 3.63) is 120 Å². The maximum atomic E-state index is 14.5. The molecule has 1 saturated heterocycles. The summed E-state index contributed by atoms with van der Waals surface area (Å²) in [5, 5.41) is 19.6. The summed E-state index contributed by atoms with van der Waals surface area (Å²) in [6.45, 7) is 10.9. The number of amides is 5. The van der Waals surface area contributed by atoms with Crippen LogP contribution in [0.1, 0.15) is 63.1 Å². The number of aliphatic hydroxyl groups excluding tert-OH is 1. The maximum Gasteiger partial charge on any atom is 0.407 e. The van der Waals surface area contributed by atoms with Gasteiger partial charge in [-0.1, -0.05) is 107 Å². The number of aryl methyl sites for hydroxylation is 1. The number of alkyl carbamates (subject to hydrolysis) is 1. The molecule has 14 nitrogen and oxygen atoms in total. The molecule has 6 atom stereocenters. The first-order valence-electron chi connectivity index (χ1n) is 20.8. The van der Waals surface area contributed by atoms with E-state index in [1.165, 1.54) is 7.11 Å². The van der Waals surface area contributed by atoms with Crippen LogP contribution < -0.4 is 16.1 Å². The van der Waals surface area contributed by atoms with Crippen molar-refractivity contribution in [1.29, 1.82) is 0 Å². The van der Waals surface area contributed by atoms with E-state index in [2.05, 4.69) is 26.0 Å². The quantitative estimate of drug-likeness (QED) is 0.0842. The van der Waals surface area contributed by atoms with Gasteiger partial charge in [0.25, 0.3) is 5.91 Å². The summed E-state index contributed by atoms with van der Waals surface area (Å²) in [5.41, 5.74) is 8.06. The zero-order valence-corrected chi connectivity index (χ0v) is 35.6. The lowest BCUT2D eigenvalue weighted by atomic mass is 9.95. The molecule has 14 heteroatoms. The van der Waals surface area contributed by atoms with Gasteiger partial charge in [0, 0.05) is 43.6 Å². The highest BCUT2D eigenvalue weighted by molar-refractivity contribution is 5.88. The van der Waals surface area contributed by atoms with Crippen LogP contribution in [0.3, 0.4) is 0 Å². The molecule has 5 amide bonds. The van der Waals surface area contributed by atoms with Crippen LogP contribution in [-0.4, -0.2) is 105 Å². The summed E-state index contributed by atoms with van der Waals surface area (Å²) >= 11 is 0. The first-order valence-corrected chi connectivity index (χ1v) is 20.8. The molecule has 5 rings (SSSR count). The largest absolute Gasteiger partial charge is 0.453 e. The number of hydrogen-bond acceptors (Lipinski definition) is 9. The molecule has 4 aromatic rings. The average Bonchev–Trinajstić information content (AvgIpc) is 3.60. The fourth-order valence-corrected chi connectivity index (χ4v) is 7.39. The molecule has 0 radical (unpaired) electrons. The number of aliphatic hydroxyl groups is 1. The van der Waals surface area contributed by atoms with Crippen LogP contribution in [0, 0.1) is 18.8 Å². The van der Waals surface area contributed by atoms with Crippen LogP contribution in [0.15, 0.2) is 97.2 Å². The van der Waals surface area contributed by atoms with E-state index in [0.29, 0.717) is 32.5 Å². The van der Waals surface area contributed by atoms with E-state index in [1.54, 1.807) is 21.0 Å². The van der Waals surface area contributed by atoms with Crippen LogP contribution in [0.4, 0.5) is 9.59 Å². The Hall–Kier alpha value is -5.86. The predicted octanol–water partition coefficient (Wildman–Crippen LogP) is 5.50. The number of hydrogen-bond donors (Lipinski definition) is 4. The van der Waals surface area contributed by atoms with E-state index in [0.717, 1.165) is 33.8 Å². The number of urea groups is 1. The Kier molecular flexibility index (Phi) is 16.5. The molecule has 3 heterocycles. The standard InChI is InChI=1S/C46H60N8O6/c1-7-31(3)41(50-45(58)60-6)43(56)51-53(28-35-20-22-36(23-21-35)38-19-12-13-24-47-38)30-40(55)39(27-34-16-10-9-11-17-34)49-44(57)42(32(4)8-2)54-26-25-52(46(54)59)29-37-18-14-15-33(5)48-37/h9-24,31-32,39-42,55H,7-8,25-30H2,1-6H3,(H,49,57)(H,50,58)(H,51,56)/t31?,32-,39-,40-,41?,42-/m0/s1. The molecule has 60 heavy (non-hydrogen) atoms. The highest BCUT2D eigenvalue weighted by atomic mass is 16.5. The van der Waals surface area contributed by atoms with E-state index < -0.39 is 36.2 Å². The fraction of sp³-hybridized carbons (Fsp3) is 0.435. The molecule has 0 spiro atoms. The number of rotatable bonds is 20. The van der Waals surface area contributed by atoms with E-state index in [-0.39, 0.29) is 43.3 Å². The van der Waals surface area contributed by atoms with Crippen LogP contribution in [0.2, 0.25) is 0 Å². The van der Waals surface area contributed by atoms with Crippen molar-refractivity contribution in [2.75, 3.05) is 26.7 Å². The number of carbonyl (C=O) groups excluding carboxylic acids is 4. The van der Waals surface area contributed by atoms with Gasteiger partial charge >= 0.3 is 12.1 Å². The van der Waals surface area contributed by atoms with Crippen molar-refractivity contribution in [1.82, 2.24) is 40.8 Å². The number of hydrazine groups is 1. The van der Waals surface area contributed by atoms with Gasteiger partial charge in [-0.15, -0.1) is 0 Å². The number of pyridine rings is 2. The maximum absolute atomic E-state index is 14.5. The molecule has 0 bridgehead atoms. The highest BCUT2D eigenvalue weighted by Gasteiger charge is 2.41. The zero-order chi connectivity index (χ0) is 43.2. The molecule has 2 aromatic heterocycles. The third-order valence-electron chi connectivity index (χ3n) is 11.2. The van der Waals surface area contributed by atoms with Gasteiger partial charge < -0.3 is 30.3 Å². The minimum atomic E-state index is -1.20. The smallest absolute Gasteiger partial charge is 0.407 e. The lowest BCUT2D eigenvalue weighted by molar-refractivity contribution is -0.132. The number of methoxy groups -OCH3 is 1. The van der Waals surface area contributed by atoms with Crippen LogP contribution in [-0.2, 0) is 33.8 Å². The Bertz CT molecular complexity index is 2000.